The topological polar surface area (TPSA) is 103 Å². The first-order valence-electron chi connectivity index (χ1n) is 9.90. The molecule has 0 atom stereocenters. The molecule has 0 spiro atoms. The lowest BCUT2D eigenvalue weighted by Crippen LogP contribution is -2.49. The second kappa shape index (κ2) is 10.5. The van der Waals surface area contributed by atoms with Crippen LogP contribution in [-0.4, -0.2) is 58.3 Å². The molecule has 2 aromatic rings. The van der Waals surface area contributed by atoms with Gasteiger partial charge in [-0.05, 0) is 25.0 Å². The summed E-state index contributed by atoms with van der Waals surface area (Å²) >= 11 is 0. The number of nitro benzene ring substituents is 1. The molecule has 31 heavy (non-hydrogen) atoms. The molecule has 0 N–H and O–H groups in total. The Morgan fingerprint density at radius 3 is 2.39 bits per heavy atom. The molecule has 0 unspecified atom stereocenters. The standard InChI is InChI=1S/C20H27N5O5.ClH/c1-15-5-6-17(16(13-15)25(28)29)30-12-4-7-23-8-10-24(11-9-23)18-14-19(26)22(3)20(27)21(18)2;/h5-6,13-14H,4,7-12H2,1-3H3;1H. The number of ether oxygens (including phenoxy) is 1. The third-order valence-corrected chi connectivity index (χ3v) is 5.38. The quantitative estimate of drug-likeness (QED) is 0.354. The molecule has 10 nitrogen and oxygen atoms in total. The first-order valence-corrected chi connectivity index (χ1v) is 9.90. The fourth-order valence-corrected chi connectivity index (χ4v) is 3.59. The van der Waals surface area contributed by atoms with Gasteiger partial charge in [0.1, 0.15) is 5.82 Å². The van der Waals surface area contributed by atoms with Crippen molar-refractivity contribution in [2.75, 3.05) is 44.2 Å². The first-order chi connectivity index (χ1) is 14.3. The average Bonchev–Trinajstić information content (AvgIpc) is 2.73. The van der Waals surface area contributed by atoms with Gasteiger partial charge in [-0.25, -0.2) is 4.79 Å². The summed E-state index contributed by atoms with van der Waals surface area (Å²) in [5.41, 5.74) is 0.170. The zero-order valence-corrected chi connectivity index (χ0v) is 18.8. The van der Waals surface area contributed by atoms with Crippen molar-refractivity contribution in [1.29, 1.82) is 0 Å². The number of benzene rings is 1. The van der Waals surface area contributed by atoms with Crippen LogP contribution in [0.4, 0.5) is 11.5 Å². The van der Waals surface area contributed by atoms with Gasteiger partial charge in [0.25, 0.3) is 5.56 Å². The Morgan fingerprint density at radius 1 is 1.06 bits per heavy atom. The van der Waals surface area contributed by atoms with E-state index in [0.29, 0.717) is 31.3 Å². The molecule has 1 aliphatic heterocycles. The normalized spacial score (nSPS) is 14.2. The number of rotatable bonds is 7. The SMILES string of the molecule is Cc1ccc(OCCCN2CCN(c3cc(=O)n(C)c(=O)n3C)CC2)c([N+](=O)[O-])c1.Cl. The van der Waals surface area contributed by atoms with E-state index in [4.69, 9.17) is 4.74 Å². The minimum absolute atomic E-state index is 0. The number of hydrogen-bond donors (Lipinski definition) is 0. The van der Waals surface area contributed by atoms with Crippen LogP contribution in [0.3, 0.4) is 0 Å². The molecule has 1 fully saturated rings. The van der Waals surface area contributed by atoms with Gasteiger partial charge in [0.15, 0.2) is 5.75 Å². The van der Waals surface area contributed by atoms with Crippen LogP contribution in [0.1, 0.15) is 12.0 Å². The molecule has 1 aliphatic rings. The molecule has 11 heteroatoms. The molecule has 3 rings (SSSR count). The maximum absolute atomic E-state index is 12.1. The van der Waals surface area contributed by atoms with E-state index < -0.39 is 4.92 Å². The molecule has 1 aromatic heterocycles. The van der Waals surface area contributed by atoms with Crippen LogP contribution in [0.15, 0.2) is 33.9 Å². The summed E-state index contributed by atoms with van der Waals surface area (Å²) in [7, 11) is 3.14. The van der Waals surface area contributed by atoms with E-state index >= 15 is 0 Å². The van der Waals surface area contributed by atoms with E-state index in [2.05, 4.69) is 4.90 Å². The Labute approximate surface area is 186 Å². The summed E-state index contributed by atoms with van der Waals surface area (Å²) in [5, 5.41) is 11.2. The predicted molar refractivity (Wildman–Crippen MR) is 121 cm³/mol. The van der Waals surface area contributed by atoms with Crippen molar-refractivity contribution in [3.8, 4) is 5.75 Å². The molecule has 2 heterocycles. The zero-order valence-electron chi connectivity index (χ0n) is 17.9. The van der Waals surface area contributed by atoms with E-state index in [1.807, 2.05) is 11.8 Å². The van der Waals surface area contributed by atoms with E-state index in [-0.39, 0.29) is 29.3 Å². The zero-order chi connectivity index (χ0) is 21.8. The number of nitro groups is 1. The van der Waals surface area contributed by atoms with Gasteiger partial charge < -0.3 is 9.64 Å². The van der Waals surface area contributed by atoms with Gasteiger partial charge >= 0.3 is 11.4 Å². The van der Waals surface area contributed by atoms with Gasteiger partial charge in [-0.1, -0.05) is 6.07 Å². The summed E-state index contributed by atoms with van der Waals surface area (Å²) in [5.74, 6) is 0.930. The monoisotopic (exact) mass is 453 g/mol. The Bertz CT molecular complexity index is 1040. The lowest BCUT2D eigenvalue weighted by Gasteiger charge is -2.36. The maximum atomic E-state index is 12.1. The summed E-state index contributed by atoms with van der Waals surface area (Å²) < 4.78 is 8.23. The van der Waals surface area contributed by atoms with Crippen molar-refractivity contribution >= 4 is 23.9 Å². The summed E-state index contributed by atoms with van der Waals surface area (Å²) in [6.45, 7) is 6.04. The highest BCUT2D eigenvalue weighted by Gasteiger charge is 2.20. The van der Waals surface area contributed by atoms with Crippen molar-refractivity contribution in [1.82, 2.24) is 14.0 Å². The Kier molecular flexibility index (Phi) is 8.23. The van der Waals surface area contributed by atoms with Gasteiger partial charge in [0.2, 0.25) is 0 Å². The number of piperazine rings is 1. The number of aromatic nitrogens is 2. The smallest absolute Gasteiger partial charge is 0.332 e. The van der Waals surface area contributed by atoms with Gasteiger partial charge in [0, 0.05) is 59.0 Å². The van der Waals surface area contributed by atoms with Crippen molar-refractivity contribution in [2.24, 2.45) is 14.1 Å². The van der Waals surface area contributed by atoms with E-state index in [9.17, 15) is 19.7 Å². The van der Waals surface area contributed by atoms with Crippen LogP contribution in [0.2, 0.25) is 0 Å². The van der Waals surface area contributed by atoms with Gasteiger partial charge in [0.05, 0.1) is 11.5 Å². The number of halogens is 1. The molecule has 0 bridgehead atoms. The Hall–Kier alpha value is -2.85. The highest BCUT2D eigenvalue weighted by Crippen LogP contribution is 2.27. The van der Waals surface area contributed by atoms with Crippen molar-refractivity contribution < 1.29 is 9.66 Å². The Morgan fingerprint density at radius 2 is 1.74 bits per heavy atom. The fourth-order valence-electron chi connectivity index (χ4n) is 3.59. The highest BCUT2D eigenvalue weighted by molar-refractivity contribution is 5.85. The fraction of sp³-hybridized carbons (Fsp3) is 0.500. The highest BCUT2D eigenvalue weighted by atomic mass is 35.5. The average molecular weight is 454 g/mol. The molecule has 0 radical (unpaired) electrons. The van der Waals surface area contributed by atoms with E-state index in [1.165, 1.54) is 23.7 Å². The van der Waals surface area contributed by atoms with Crippen LogP contribution in [0.5, 0.6) is 5.75 Å². The third-order valence-electron chi connectivity index (χ3n) is 5.38. The number of aryl methyl sites for hydroxylation is 1. The number of hydrogen-bond acceptors (Lipinski definition) is 7. The first kappa shape index (κ1) is 24.4. The molecule has 1 saturated heterocycles. The molecule has 1 aromatic carbocycles. The van der Waals surface area contributed by atoms with Crippen LogP contribution >= 0.6 is 12.4 Å². The maximum Gasteiger partial charge on any atom is 0.332 e. The van der Waals surface area contributed by atoms with Gasteiger partial charge in [-0.2, -0.15) is 0 Å². The van der Waals surface area contributed by atoms with Crippen LogP contribution < -0.4 is 20.9 Å². The van der Waals surface area contributed by atoms with Crippen LogP contribution in [0, 0.1) is 17.0 Å². The molecule has 0 saturated carbocycles. The molecular weight excluding hydrogens is 426 g/mol. The van der Waals surface area contributed by atoms with Crippen molar-refractivity contribution in [3.63, 3.8) is 0 Å². The summed E-state index contributed by atoms with van der Waals surface area (Å²) in [6.07, 6.45) is 0.745. The summed E-state index contributed by atoms with van der Waals surface area (Å²) in [4.78, 5) is 39.1. The largest absolute Gasteiger partial charge is 0.487 e. The van der Waals surface area contributed by atoms with Crippen LogP contribution in [-0.2, 0) is 14.1 Å². The minimum Gasteiger partial charge on any atom is -0.487 e. The van der Waals surface area contributed by atoms with Crippen molar-refractivity contribution in [2.45, 2.75) is 13.3 Å². The minimum atomic E-state index is -0.425. The van der Waals surface area contributed by atoms with Gasteiger partial charge in [-0.15, -0.1) is 12.4 Å². The Balaban J connectivity index is 0.00000341. The van der Waals surface area contributed by atoms with Gasteiger partial charge in [-0.3, -0.25) is 28.9 Å². The number of anilines is 1. The van der Waals surface area contributed by atoms with Crippen LogP contribution in [0.25, 0.3) is 0 Å². The lowest BCUT2D eigenvalue weighted by atomic mass is 10.2. The third kappa shape index (κ3) is 5.65. The lowest BCUT2D eigenvalue weighted by molar-refractivity contribution is -0.385. The summed E-state index contributed by atoms with van der Waals surface area (Å²) in [6, 6.07) is 6.45. The second-order valence-corrected chi connectivity index (χ2v) is 7.50. The molecule has 0 aliphatic carbocycles. The molecule has 170 valence electrons. The predicted octanol–water partition coefficient (Wildman–Crippen LogP) is 1.31. The number of nitrogens with zero attached hydrogens (tertiary/aromatic N) is 5. The molecular formula is C20H28ClN5O5. The van der Waals surface area contributed by atoms with E-state index in [0.717, 1.165) is 36.2 Å². The molecule has 0 amide bonds. The second-order valence-electron chi connectivity index (χ2n) is 7.50. The van der Waals surface area contributed by atoms with Crippen molar-refractivity contribution in [3.05, 3.63) is 60.8 Å². The van der Waals surface area contributed by atoms with E-state index in [1.54, 1.807) is 19.2 Å².